The van der Waals surface area contributed by atoms with Crippen LogP contribution in [-0.4, -0.2) is 60.3 Å². The summed E-state index contributed by atoms with van der Waals surface area (Å²) < 4.78 is 26.1. The van der Waals surface area contributed by atoms with Crippen LogP contribution in [0.5, 0.6) is 11.5 Å². The molecule has 16 nitrogen and oxygen atoms in total. The van der Waals surface area contributed by atoms with Crippen molar-refractivity contribution in [2.75, 3.05) is 26.2 Å². The lowest BCUT2D eigenvalue weighted by atomic mass is 10.1. The number of alkyl carbamates (subject to hydrolysis) is 3. The van der Waals surface area contributed by atoms with E-state index in [4.69, 9.17) is 28.8 Å². The minimum absolute atomic E-state index is 0.0515. The van der Waals surface area contributed by atoms with Crippen molar-refractivity contribution in [2.45, 2.75) is 39.6 Å². The minimum atomic E-state index is -0.717. The number of carbonyl (C=O) groups is 3. The summed E-state index contributed by atoms with van der Waals surface area (Å²) >= 11 is 6.37. The highest BCUT2D eigenvalue weighted by Crippen LogP contribution is 2.31. The van der Waals surface area contributed by atoms with Crippen LogP contribution in [0.1, 0.15) is 31.9 Å². The van der Waals surface area contributed by atoms with Gasteiger partial charge in [-0.15, -0.1) is 0 Å². The van der Waals surface area contributed by atoms with Gasteiger partial charge in [0.05, 0.1) is 8.95 Å². The van der Waals surface area contributed by atoms with Gasteiger partial charge in [-0.1, -0.05) is 0 Å². The van der Waals surface area contributed by atoms with Gasteiger partial charge < -0.3 is 54.9 Å². The third-order valence-electron chi connectivity index (χ3n) is 5.99. The number of hydrogen-bond donors (Lipinski definition) is 6. The number of nitrogens with one attached hydrogen (secondary N) is 3. The van der Waals surface area contributed by atoms with Crippen molar-refractivity contribution in [3.63, 3.8) is 0 Å². The standard InChI is InChI=1S/C18H21BrN2O7.C13H13BrN2O5/c1-18(2,3)28-17(25)21-5-4-20-16(24)26-9-10-6-15(23)27-14-8-13(22)12(19)7-11(10)14;14-9-4-8-7(6-20-13(19)16-2-1-15)3-12(18)21-11(8)5-10(9)17/h6-8,22H,4-5,9H2,1-3H3,(H,20,24)(H,21,25);3-5,17H,1-2,6,15H2,(H,16,19). The van der Waals surface area contributed by atoms with E-state index in [0.717, 1.165) is 0 Å². The lowest BCUT2D eigenvalue weighted by Crippen LogP contribution is -2.38. The lowest BCUT2D eigenvalue weighted by Gasteiger charge is -2.19. The number of fused-ring (bicyclic) bond motifs is 2. The first-order valence-corrected chi connectivity index (χ1v) is 16.0. The molecule has 0 bridgehead atoms. The first kappa shape index (κ1) is 38.6. The average Bonchev–Trinajstić information content (AvgIpc) is 3.01. The third kappa shape index (κ3) is 12.3. The van der Waals surface area contributed by atoms with Gasteiger partial charge in [0.25, 0.3) is 0 Å². The molecule has 2 heterocycles. The average molecular weight is 814 g/mol. The Morgan fingerprint density at radius 3 is 1.53 bits per heavy atom. The van der Waals surface area contributed by atoms with E-state index in [-0.39, 0.29) is 49.0 Å². The van der Waals surface area contributed by atoms with Gasteiger partial charge in [-0.05, 0) is 64.8 Å². The van der Waals surface area contributed by atoms with Gasteiger partial charge in [0.1, 0.15) is 41.5 Å². The Hall–Kier alpha value is -4.81. The fraction of sp³-hybridized carbons (Fsp3) is 0.323. The largest absolute Gasteiger partial charge is 0.507 e. The van der Waals surface area contributed by atoms with Crippen LogP contribution in [0.25, 0.3) is 21.9 Å². The molecular formula is C31H34Br2N4O12. The van der Waals surface area contributed by atoms with Crippen LogP contribution >= 0.6 is 31.9 Å². The van der Waals surface area contributed by atoms with E-state index in [1.54, 1.807) is 32.9 Å². The van der Waals surface area contributed by atoms with E-state index in [0.29, 0.717) is 43.9 Å². The molecule has 0 unspecified atom stereocenters. The van der Waals surface area contributed by atoms with Crippen molar-refractivity contribution < 1.29 is 47.6 Å². The number of carbonyl (C=O) groups excluding carboxylic acids is 3. The highest BCUT2D eigenvalue weighted by molar-refractivity contribution is 9.11. The van der Waals surface area contributed by atoms with E-state index >= 15 is 0 Å². The van der Waals surface area contributed by atoms with Crippen LogP contribution in [-0.2, 0) is 27.4 Å². The van der Waals surface area contributed by atoms with Gasteiger partial charge in [-0.25, -0.2) is 24.0 Å². The fourth-order valence-corrected chi connectivity index (χ4v) is 4.60. The maximum absolute atomic E-state index is 11.8. The summed E-state index contributed by atoms with van der Waals surface area (Å²) in [6, 6.07) is 8.22. The second-order valence-electron chi connectivity index (χ2n) is 11.0. The normalized spacial score (nSPS) is 10.9. The number of phenols is 2. The second kappa shape index (κ2) is 17.5. The maximum atomic E-state index is 11.8. The second-order valence-corrected chi connectivity index (χ2v) is 12.7. The Labute approximate surface area is 295 Å². The molecule has 0 atom stereocenters. The van der Waals surface area contributed by atoms with E-state index < -0.39 is 35.1 Å². The number of ether oxygens (including phenoxy) is 3. The van der Waals surface area contributed by atoms with Crippen molar-refractivity contribution >= 4 is 72.1 Å². The molecule has 2 aromatic carbocycles. The monoisotopic (exact) mass is 812 g/mol. The highest BCUT2D eigenvalue weighted by Gasteiger charge is 2.16. The van der Waals surface area contributed by atoms with Gasteiger partial charge in [0.15, 0.2) is 0 Å². The van der Waals surface area contributed by atoms with Gasteiger partial charge >= 0.3 is 29.5 Å². The molecule has 18 heteroatoms. The van der Waals surface area contributed by atoms with Crippen LogP contribution in [0.4, 0.5) is 14.4 Å². The molecule has 0 spiro atoms. The molecule has 0 aliphatic rings. The molecule has 7 N–H and O–H groups in total. The van der Waals surface area contributed by atoms with Gasteiger partial charge in [-0.2, -0.15) is 0 Å². The lowest BCUT2D eigenvalue weighted by molar-refractivity contribution is 0.0527. The molecule has 0 aliphatic carbocycles. The maximum Gasteiger partial charge on any atom is 0.407 e. The van der Waals surface area contributed by atoms with Crippen LogP contribution in [0.15, 0.2) is 63.8 Å². The molecule has 264 valence electrons. The molecule has 0 saturated heterocycles. The first-order chi connectivity index (χ1) is 23.1. The molecule has 0 fully saturated rings. The molecular weight excluding hydrogens is 780 g/mol. The number of nitrogens with two attached hydrogens (primary N) is 1. The van der Waals surface area contributed by atoms with E-state index in [2.05, 4.69) is 47.8 Å². The number of phenolic OH excluding ortho intramolecular Hbond substituents is 2. The van der Waals surface area contributed by atoms with Crippen molar-refractivity contribution in [1.29, 1.82) is 0 Å². The summed E-state index contributed by atoms with van der Waals surface area (Å²) in [5.41, 5.74) is 4.72. The van der Waals surface area contributed by atoms with Crippen molar-refractivity contribution in [3.05, 3.63) is 77.3 Å². The fourth-order valence-electron chi connectivity index (χ4n) is 3.92. The summed E-state index contributed by atoms with van der Waals surface area (Å²) in [4.78, 5) is 57.8. The predicted octanol–water partition coefficient (Wildman–Crippen LogP) is 4.46. The third-order valence-corrected chi connectivity index (χ3v) is 7.26. The Morgan fingerprint density at radius 2 is 1.12 bits per heavy atom. The van der Waals surface area contributed by atoms with Crippen LogP contribution in [0, 0.1) is 0 Å². The Morgan fingerprint density at radius 1 is 0.714 bits per heavy atom. The summed E-state index contributed by atoms with van der Waals surface area (Å²) in [6.45, 7) is 5.86. The smallest absolute Gasteiger partial charge is 0.407 e. The zero-order valence-electron chi connectivity index (χ0n) is 26.5. The molecule has 0 aliphatic heterocycles. The van der Waals surface area contributed by atoms with Crippen LogP contribution < -0.4 is 32.9 Å². The first-order valence-electron chi connectivity index (χ1n) is 14.4. The molecule has 0 saturated carbocycles. The van der Waals surface area contributed by atoms with Gasteiger partial charge in [0, 0.05) is 72.3 Å². The quantitative estimate of drug-likeness (QED) is 0.0778. The molecule has 49 heavy (non-hydrogen) atoms. The van der Waals surface area contributed by atoms with E-state index in [1.165, 1.54) is 24.3 Å². The number of amides is 3. The topological polar surface area (TPSA) is 242 Å². The Balaban J connectivity index is 0.000000276. The number of halogens is 2. The van der Waals surface area contributed by atoms with Crippen molar-refractivity contribution in [3.8, 4) is 11.5 Å². The highest BCUT2D eigenvalue weighted by atomic mass is 79.9. The zero-order chi connectivity index (χ0) is 36.3. The number of rotatable bonds is 9. The van der Waals surface area contributed by atoms with Crippen molar-refractivity contribution in [1.82, 2.24) is 16.0 Å². The number of aromatic hydroxyl groups is 2. The SMILES string of the molecule is CC(C)(C)OC(=O)NCCNC(=O)OCc1cc(=O)oc2cc(O)c(Br)cc12.NCCNC(=O)OCc1cc(=O)oc2cc(O)c(Br)cc12. The minimum Gasteiger partial charge on any atom is -0.507 e. The Bertz CT molecular complexity index is 1940. The van der Waals surface area contributed by atoms with E-state index in [1.807, 2.05) is 0 Å². The van der Waals surface area contributed by atoms with Crippen LogP contribution in [0.3, 0.4) is 0 Å². The van der Waals surface area contributed by atoms with Crippen LogP contribution in [0.2, 0.25) is 0 Å². The molecule has 3 amide bonds. The predicted molar refractivity (Wildman–Crippen MR) is 183 cm³/mol. The summed E-state index contributed by atoms with van der Waals surface area (Å²) in [5.74, 6) is -0.131. The van der Waals surface area contributed by atoms with Gasteiger partial charge in [0.2, 0.25) is 0 Å². The molecule has 2 aromatic heterocycles. The molecule has 4 rings (SSSR count). The molecule has 4 aromatic rings. The summed E-state index contributed by atoms with van der Waals surface area (Å²) in [7, 11) is 0. The van der Waals surface area contributed by atoms with E-state index in [9.17, 15) is 34.2 Å². The zero-order valence-corrected chi connectivity index (χ0v) is 29.7. The van der Waals surface area contributed by atoms with Crippen molar-refractivity contribution in [2.24, 2.45) is 5.73 Å². The summed E-state index contributed by atoms with van der Waals surface area (Å²) in [6.07, 6.45) is -1.93. The molecule has 0 radical (unpaired) electrons. The Kier molecular flexibility index (Phi) is 13.8. The summed E-state index contributed by atoms with van der Waals surface area (Å²) in [5, 5.41) is 27.8. The number of benzene rings is 2. The number of hydrogen-bond acceptors (Lipinski definition) is 13. The van der Waals surface area contributed by atoms with Gasteiger partial charge in [-0.3, -0.25) is 0 Å².